The Morgan fingerprint density at radius 3 is 3.07 bits per heavy atom. The van der Waals surface area contributed by atoms with Gasteiger partial charge in [0.1, 0.15) is 0 Å². The fourth-order valence-electron chi connectivity index (χ4n) is 1.54. The Kier molecular flexibility index (Phi) is 4.52. The molecular formula is C10H14ClN3O. The Hall–Kier alpha value is -1.13. The average Bonchev–Trinajstić information content (AvgIpc) is 2.72. The standard InChI is InChI=1S/C10H13N3O.ClH/c14-10(8-2-1-4-11-6-8)13-9-3-5-12-7-9;/h1-2,4,6,9,12H,3,5,7H2,(H,13,14);1H. The first-order valence-corrected chi connectivity index (χ1v) is 4.78. The highest BCUT2D eigenvalue weighted by Gasteiger charge is 2.17. The topological polar surface area (TPSA) is 54.0 Å². The first-order chi connectivity index (χ1) is 6.86. The van der Waals surface area contributed by atoms with Gasteiger partial charge in [0.15, 0.2) is 0 Å². The number of pyridine rings is 1. The van der Waals surface area contributed by atoms with Gasteiger partial charge >= 0.3 is 0 Å². The molecule has 5 heteroatoms. The summed E-state index contributed by atoms with van der Waals surface area (Å²) in [5, 5.41) is 6.15. The molecule has 1 aromatic heterocycles. The maximum atomic E-state index is 11.6. The van der Waals surface area contributed by atoms with Crippen LogP contribution in [0.15, 0.2) is 24.5 Å². The molecule has 2 N–H and O–H groups in total. The fraction of sp³-hybridized carbons (Fsp3) is 0.400. The molecule has 1 saturated heterocycles. The van der Waals surface area contributed by atoms with Gasteiger partial charge in [0.25, 0.3) is 5.91 Å². The van der Waals surface area contributed by atoms with Crippen LogP contribution in [0.25, 0.3) is 0 Å². The van der Waals surface area contributed by atoms with Gasteiger partial charge in [-0.1, -0.05) is 0 Å². The number of aromatic nitrogens is 1. The minimum atomic E-state index is -0.0354. The molecule has 2 heterocycles. The Morgan fingerprint density at radius 1 is 1.60 bits per heavy atom. The summed E-state index contributed by atoms with van der Waals surface area (Å²) in [7, 11) is 0. The summed E-state index contributed by atoms with van der Waals surface area (Å²) in [6.45, 7) is 1.85. The lowest BCUT2D eigenvalue weighted by Crippen LogP contribution is -2.36. The van der Waals surface area contributed by atoms with Crippen LogP contribution in [-0.4, -0.2) is 30.0 Å². The summed E-state index contributed by atoms with van der Waals surface area (Å²) in [5.74, 6) is -0.0354. The van der Waals surface area contributed by atoms with E-state index in [0.29, 0.717) is 5.56 Å². The van der Waals surface area contributed by atoms with E-state index in [1.165, 1.54) is 0 Å². The Morgan fingerprint density at radius 2 is 2.47 bits per heavy atom. The molecule has 1 amide bonds. The Balaban J connectivity index is 0.00000112. The van der Waals surface area contributed by atoms with E-state index >= 15 is 0 Å². The van der Waals surface area contributed by atoms with Gasteiger partial charge in [-0.3, -0.25) is 9.78 Å². The Bertz CT molecular complexity index is 312. The summed E-state index contributed by atoms with van der Waals surface area (Å²) in [4.78, 5) is 15.5. The van der Waals surface area contributed by atoms with Gasteiger partial charge in [-0.2, -0.15) is 0 Å². The maximum Gasteiger partial charge on any atom is 0.253 e. The number of nitrogens with zero attached hydrogens (tertiary/aromatic N) is 1. The third kappa shape index (κ3) is 3.18. The van der Waals surface area contributed by atoms with E-state index < -0.39 is 0 Å². The number of rotatable bonds is 2. The molecule has 0 aliphatic carbocycles. The monoisotopic (exact) mass is 227 g/mol. The van der Waals surface area contributed by atoms with Crippen LogP contribution >= 0.6 is 12.4 Å². The average molecular weight is 228 g/mol. The fourth-order valence-corrected chi connectivity index (χ4v) is 1.54. The summed E-state index contributed by atoms with van der Waals surface area (Å²) in [5.41, 5.74) is 0.624. The number of hydrogen-bond donors (Lipinski definition) is 2. The SMILES string of the molecule is Cl.O=C(NC1CCNC1)c1cccnc1. The van der Waals surface area contributed by atoms with E-state index in [-0.39, 0.29) is 24.4 Å². The van der Waals surface area contributed by atoms with Crippen molar-refractivity contribution in [2.24, 2.45) is 0 Å². The largest absolute Gasteiger partial charge is 0.348 e. The summed E-state index contributed by atoms with van der Waals surface area (Å²) < 4.78 is 0. The molecule has 0 radical (unpaired) electrons. The molecule has 1 unspecified atom stereocenters. The smallest absolute Gasteiger partial charge is 0.253 e. The van der Waals surface area contributed by atoms with E-state index in [1.54, 1.807) is 24.5 Å². The molecule has 0 bridgehead atoms. The molecule has 82 valence electrons. The summed E-state index contributed by atoms with van der Waals surface area (Å²) >= 11 is 0. The van der Waals surface area contributed by atoms with Crippen molar-refractivity contribution in [3.63, 3.8) is 0 Å². The van der Waals surface area contributed by atoms with Crippen LogP contribution in [0.5, 0.6) is 0 Å². The van der Waals surface area contributed by atoms with Gasteiger partial charge in [-0.15, -0.1) is 12.4 Å². The second-order valence-corrected chi connectivity index (χ2v) is 3.40. The number of nitrogens with one attached hydrogen (secondary N) is 2. The van der Waals surface area contributed by atoms with Crippen LogP contribution in [0.2, 0.25) is 0 Å². The molecule has 0 saturated carbocycles. The highest BCUT2D eigenvalue weighted by atomic mass is 35.5. The minimum absolute atomic E-state index is 0. The summed E-state index contributed by atoms with van der Waals surface area (Å²) in [6.07, 6.45) is 4.25. The van der Waals surface area contributed by atoms with E-state index in [1.807, 2.05) is 0 Å². The molecule has 1 fully saturated rings. The second-order valence-electron chi connectivity index (χ2n) is 3.40. The first kappa shape index (κ1) is 11.9. The van der Waals surface area contributed by atoms with Crippen molar-refractivity contribution >= 4 is 18.3 Å². The van der Waals surface area contributed by atoms with Gasteiger partial charge in [0, 0.05) is 25.0 Å². The van der Waals surface area contributed by atoms with Crippen LogP contribution in [0.4, 0.5) is 0 Å². The molecule has 1 aromatic rings. The number of carbonyl (C=O) groups is 1. The second kappa shape index (κ2) is 5.68. The lowest BCUT2D eigenvalue weighted by atomic mass is 10.2. The van der Waals surface area contributed by atoms with Gasteiger partial charge in [-0.25, -0.2) is 0 Å². The first-order valence-electron chi connectivity index (χ1n) is 4.78. The molecule has 1 aliphatic heterocycles. The summed E-state index contributed by atoms with van der Waals surface area (Å²) in [6, 6.07) is 3.80. The predicted octanol–water partition coefficient (Wildman–Crippen LogP) is 0.595. The molecule has 2 rings (SSSR count). The number of amides is 1. The quantitative estimate of drug-likeness (QED) is 0.778. The van der Waals surface area contributed by atoms with Crippen LogP contribution < -0.4 is 10.6 Å². The molecule has 1 aliphatic rings. The molecule has 0 spiro atoms. The van der Waals surface area contributed by atoms with E-state index in [4.69, 9.17) is 0 Å². The third-order valence-corrected chi connectivity index (χ3v) is 2.32. The molecule has 0 aromatic carbocycles. The van der Waals surface area contributed by atoms with Crippen molar-refractivity contribution in [2.45, 2.75) is 12.5 Å². The van der Waals surface area contributed by atoms with Crippen molar-refractivity contribution in [3.8, 4) is 0 Å². The van der Waals surface area contributed by atoms with Crippen molar-refractivity contribution < 1.29 is 4.79 Å². The zero-order chi connectivity index (χ0) is 9.80. The van der Waals surface area contributed by atoms with Crippen molar-refractivity contribution in [1.82, 2.24) is 15.6 Å². The van der Waals surface area contributed by atoms with Gasteiger partial charge < -0.3 is 10.6 Å². The lowest BCUT2D eigenvalue weighted by molar-refractivity contribution is 0.0939. The van der Waals surface area contributed by atoms with Crippen molar-refractivity contribution in [3.05, 3.63) is 30.1 Å². The molecular weight excluding hydrogens is 214 g/mol. The van der Waals surface area contributed by atoms with E-state index in [9.17, 15) is 4.79 Å². The number of carbonyl (C=O) groups excluding carboxylic acids is 1. The maximum absolute atomic E-state index is 11.6. The van der Waals surface area contributed by atoms with Crippen LogP contribution in [-0.2, 0) is 0 Å². The lowest BCUT2D eigenvalue weighted by Gasteiger charge is -2.10. The van der Waals surface area contributed by atoms with E-state index in [0.717, 1.165) is 19.5 Å². The molecule has 15 heavy (non-hydrogen) atoms. The molecule has 4 nitrogen and oxygen atoms in total. The zero-order valence-electron chi connectivity index (χ0n) is 8.27. The number of hydrogen-bond acceptors (Lipinski definition) is 3. The van der Waals surface area contributed by atoms with Crippen LogP contribution in [0.1, 0.15) is 16.8 Å². The van der Waals surface area contributed by atoms with Gasteiger partial charge in [0.05, 0.1) is 5.56 Å². The predicted molar refractivity (Wildman–Crippen MR) is 60.2 cm³/mol. The number of halogens is 1. The van der Waals surface area contributed by atoms with Crippen LogP contribution in [0.3, 0.4) is 0 Å². The van der Waals surface area contributed by atoms with Gasteiger partial charge in [-0.05, 0) is 25.1 Å². The molecule has 1 atom stereocenters. The van der Waals surface area contributed by atoms with Crippen molar-refractivity contribution in [1.29, 1.82) is 0 Å². The normalized spacial score (nSPS) is 19.3. The third-order valence-electron chi connectivity index (χ3n) is 2.32. The highest BCUT2D eigenvalue weighted by Crippen LogP contribution is 2.00. The van der Waals surface area contributed by atoms with Gasteiger partial charge in [0.2, 0.25) is 0 Å². The minimum Gasteiger partial charge on any atom is -0.348 e. The Labute approximate surface area is 94.9 Å². The highest BCUT2D eigenvalue weighted by molar-refractivity contribution is 5.94. The zero-order valence-corrected chi connectivity index (χ0v) is 9.09. The van der Waals surface area contributed by atoms with Crippen LogP contribution in [0, 0.1) is 0 Å². The van der Waals surface area contributed by atoms with Crippen molar-refractivity contribution in [2.75, 3.05) is 13.1 Å². The van der Waals surface area contributed by atoms with E-state index in [2.05, 4.69) is 15.6 Å².